The zero-order valence-corrected chi connectivity index (χ0v) is 11.7. The number of nitrogens with one attached hydrogen (secondary N) is 2. The van der Waals surface area contributed by atoms with E-state index in [0.29, 0.717) is 16.8 Å². The lowest BCUT2D eigenvalue weighted by atomic mass is 9.97. The Balaban J connectivity index is 2.69. The third-order valence-corrected chi connectivity index (χ3v) is 2.34. The fourth-order valence-corrected chi connectivity index (χ4v) is 1.32. The molecule has 0 aliphatic rings. The number of hydrogen-bond donors (Lipinski definition) is 2. The van der Waals surface area contributed by atoms with Crippen molar-refractivity contribution < 1.29 is 0 Å². The molecule has 1 aromatic rings. The molecule has 2 N–H and O–H groups in total. The monoisotopic (exact) mass is 256 g/mol. The minimum Gasteiger partial charge on any atom is -0.368 e. The Kier molecular flexibility index (Phi) is 5.00. The van der Waals surface area contributed by atoms with Crippen LogP contribution >= 0.6 is 11.6 Å². The molecule has 5 heteroatoms. The molecule has 0 spiro atoms. The zero-order valence-electron chi connectivity index (χ0n) is 11.0. The van der Waals surface area contributed by atoms with Crippen LogP contribution in [0.2, 0.25) is 5.02 Å². The van der Waals surface area contributed by atoms with E-state index in [2.05, 4.69) is 48.3 Å². The van der Waals surface area contributed by atoms with Crippen LogP contribution < -0.4 is 10.6 Å². The molecular weight excluding hydrogens is 236 g/mol. The molecule has 0 saturated carbocycles. The van der Waals surface area contributed by atoms with Gasteiger partial charge >= 0.3 is 0 Å². The SMILES string of the molecule is CCCNc1ncc(Cl)c(NCC(C)(C)C)n1. The van der Waals surface area contributed by atoms with Gasteiger partial charge in [-0.1, -0.05) is 39.3 Å². The van der Waals surface area contributed by atoms with Gasteiger partial charge in [0.2, 0.25) is 5.95 Å². The predicted octanol–water partition coefficient (Wildman–Crippen LogP) is 3.41. The van der Waals surface area contributed by atoms with Crippen LogP contribution in [0.3, 0.4) is 0 Å². The zero-order chi connectivity index (χ0) is 12.9. The molecule has 0 radical (unpaired) electrons. The number of halogens is 1. The van der Waals surface area contributed by atoms with Crippen LogP contribution in [0.1, 0.15) is 34.1 Å². The summed E-state index contributed by atoms with van der Waals surface area (Å²) in [6.07, 6.45) is 2.66. The summed E-state index contributed by atoms with van der Waals surface area (Å²) in [4.78, 5) is 8.47. The molecule has 0 aliphatic carbocycles. The van der Waals surface area contributed by atoms with Crippen molar-refractivity contribution in [3.8, 4) is 0 Å². The van der Waals surface area contributed by atoms with E-state index < -0.39 is 0 Å². The Hall–Kier alpha value is -1.03. The summed E-state index contributed by atoms with van der Waals surface area (Å²) in [6.45, 7) is 10.3. The fraction of sp³-hybridized carbons (Fsp3) is 0.667. The van der Waals surface area contributed by atoms with Gasteiger partial charge in [-0.3, -0.25) is 0 Å². The van der Waals surface area contributed by atoms with E-state index in [4.69, 9.17) is 11.6 Å². The first kappa shape index (κ1) is 14.0. The van der Waals surface area contributed by atoms with Gasteiger partial charge in [-0.15, -0.1) is 0 Å². The van der Waals surface area contributed by atoms with E-state index in [-0.39, 0.29) is 5.41 Å². The molecule has 1 heterocycles. The van der Waals surface area contributed by atoms with E-state index in [1.54, 1.807) is 6.20 Å². The van der Waals surface area contributed by atoms with Crippen molar-refractivity contribution in [3.63, 3.8) is 0 Å². The topological polar surface area (TPSA) is 49.8 Å². The molecule has 0 saturated heterocycles. The highest BCUT2D eigenvalue weighted by Crippen LogP contribution is 2.21. The second kappa shape index (κ2) is 6.05. The standard InChI is InChI=1S/C12H21ClN4/c1-5-6-14-11-15-7-9(13)10(17-11)16-8-12(2,3)4/h7H,5-6,8H2,1-4H3,(H2,14,15,16,17). The second-order valence-electron chi connectivity index (χ2n) is 5.23. The van der Waals surface area contributed by atoms with Crippen LogP contribution in [-0.2, 0) is 0 Å². The summed E-state index contributed by atoms with van der Waals surface area (Å²) in [6, 6.07) is 0. The lowest BCUT2D eigenvalue weighted by Gasteiger charge is -2.19. The maximum absolute atomic E-state index is 6.04. The van der Waals surface area contributed by atoms with E-state index in [1.807, 2.05) is 0 Å². The summed E-state index contributed by atoms with van der Waals surface area (Å²) >= 11 is 6.04. The van der Waals surface area contributed by atoms with Crippen molar-refractivity contribution in [1.82, 2.24) is 9.97 Å². The van der Waals surface area contributed by atoms with Crippen molar-refractivity contribution in [3.05, 3.63) is 11.2 Å². The Labute approximate surface area is 108 Å². The highest BCUT2D eigenvalue weighted by atomic mass is 35.5. The van der Waals surface area contributed by atoms with Crippen LogP contribution in [-0.4, -0.2) is 23.1 Å². The summed E-state index contributed by atoms with van der Waals surface area (Å²) in [5.74, 6) is 1.31. The molecule has 0 unspecified atom stereocenters. The molecule has 4 nitrogen and oxygen atoms in total. The van der Waals surface area contributed by atoms with Crippen molar-refractivity contribution in [1.29, 1.82) is 0 Å². The Morgan fingerprint density at radius 3 is 2.59 bits per heavy atom. The molecular formula is C12H21ClN4. The fourth-order valence-electron chi connectivity index (χ4n) is 1.16. The van der Waals surface area contributed by atoms with E-state index in [1.165, 1.54) is 0 Å². The number of anilines is 2. The Bertz CT molecular complexity index is 360. The van der Waals surface area contributed by atoms with Gasteiger partial charge in [0.15, 0.2) is 5.82 Å². The van der Waals surface area contributed by atoms with E-state index in [0.717, 1.165) is 19.5 Å². The van der Waals surface area contributed by atoms with Gasteiger partial charge in [-0.25, -0.2) is 4.98 Å². The van der Waals surface area contributed by atoms with Crippen molar-refractivity contribution in [2.24, 2.45) is 5.41 Å². The van der Waals surface area contributed by atoms with Gasteiger partial charge in [0, 0.05) is 13.1 Å². The van der Waals surface area contributed by atoms with Gasteiger partial charge < -0.3 is 10.6 Å². The Morgan fingerprint density at radius 2 is 2.00 bits per heavy atom. The summed E-state index contributed by atoms with van der Waals surface area (Å²) < 4.78 is 0. The van der Waals surface area contributed by atoms with Crippen LogP contribution in [0.25, 0.3) is 0 Å². The number of aromatic nitrogens is 2. The van der Waals surface area contributed by atoms with Crippen LogP contribution in [0.4, 0.5) is 11.8 Å². The third-order valence-electron chi connectivity index (χ3n) is 2.06. The van der Waals surface area contributed by atoms with E-state index >= 15 is 0 Å². The minimum absolute atomic E-state index is 0.186. The lowest BCUT2D eigenvalue weighted by molar-refractivity contribution is 0.442. The number of rotatable bonds is 5. The van der Waals surface area contributed by atoms with Crippen LogP contribution in [0.5, 0.6) is 0 Å². The minimum atomic E-state index is 0.186. The molecule has 0 aromatic carbocycles. The highest BCUT2D eigenvalue weighted by Gasteiger charge is 2.12. The maximum Gasteiger partial charge on any atom is 0.224 e. The normalized spacial score (nSPS) is 11.4. The van der Waals surface area contributed by atoms with Gasteiger partial charge in [-0.05, 0) is 11.8 Å². The molecule has 1 rings (SSSR count). The summed E-state index contributed by atoms with van der Waals surface area (Å²) in [7, 11) is 0. The van der Waals surface area contributed by atoms with Crippen molar-refractivity contribution in [2.45, 2.75) is 34.1 Å². The number of nitrogens with zero attached hydrogens (tertiary/aromatic N) is 2. The molecule has 0 bridgehead atoms. The summed E-state index contributed by atoms with van der Waals surface area (Å²) in [5.41, 5.74) is 0.186. The van der Waals surface area contributed by atoms with Crippen molar-refractivity contribution in [2.75, 3.05) is 23.7 Å². The molecule has 0 fully saturated rings. The molecule has 96 valence electrons. The average Bonchev–Trinajstić information content (AvgIpc) is 2.25. The smallest absolute Gasteiger partial charge is 0.224 e. The first-order valence-electron chi connectivity index (χ1n) is 5.92. The lowest BCUT2D eigenvalue weighted by Crippen LogP contribution is -2.20. The average molecular weight is 257 g/mol. The molecule has 0 atom stereocenters. The molecule has 0 aliphatic heterocycles. The van der Waals surface area contributed by atoms with E-state index in [9.17, 15) is 0 Å². The first-order valence-corrected chi connectivity index (χ1v) is 6.30. The molecule has 1 aromatic heterocycles. The van der Waals surface area contributed by atoms with Crippen LogP contribution in [0.15, 0.2) is 6.20 Å². The van der Waals surface area contributed by atoms with Gasteiger partial charge in [0.05, 0.1) is 6.20 Å². The van der Waals surface area contributed by atoms with Crippen LogP contribution in [0, 0.1) is 5.41 Å². The van der Waals surface area contributed by atoms with Crippen molar-refractivity contribution >= 4 is 23.4 Å². The number of hydrogen-bond acceptors (Lipinski definition) is 4. The highest BCUT2D eigenvalue weighted by molar-refractivity contribution is 6.32. The second-order valence-corrected chi connectivity index (χ2v) is 5.64. The predicted molar refractivity (Wildman–Crippen MR) is 73.8 cm³/mol. The molecule has 17 heavy (non-hydrogen) atoms. The van der Waals surface area contributed by atoms with Gasteiger partial charge in [-0.2, -0.15) is 4.98 Å². The Morgan fingerprint density at radius 1 is 1.29 bits per heavy atom. The molecule has 0 amide bonds. The van der Waals surface area contributed by atoms with Gasteiger partial charge in [0.25, 0.3) is 0 Å². The third kappa shape index (κ3) is 5.22. The first-order chi connectivity index (χ1) is 7.92. The largest absolute Gasteiger partial charge is 0.368 e. The summed E-state index contributed by atoms with van der Waals surface area (Å²) in [5, 5.41) is 6.94. The maximum atomic E-state index is 6.04. The van der Waals surface area contributed by atoms with Gasteiger partial charge in [0.1, 0.15) is 5.02 Å². The quantitative estimate of drug-likeness (QED) is 0.848.